The van der Waals surface area contributed by atoms with Crippen LogP contribution < -0.4 is 37.2 Å². The van der Waals surface area contributed by atoms with E-state index in [9.17, 15) is 43.2 Å². The molecular formula is C36H49N11O9. The fraction of sp³-hybridized carbons (Fsp3) is 0.472. The quantitative estimate of drug-likeness (QED) is 0.0828. The number of urea groups is 1. The van der Waals surface area contributed by atoms with Gasteiger partial charge in [-0.25, -0.2) is 9.78 Å². The lowest BCUT2D eigenvalue weighted by molar-refractivity contribution is -0.141. The Labute approximate surface area is 323 Å². The van der Waals surface area contributed by atoms with Crippen LogP contribution >= 0.6 is 0 Å². The van der Waals surface area contributed by atoms with Gasteiger partial charge < -0.3 is 47.0 Å². The van der Waals surface area contributed by atoms with Crippen LogP contribution in [0.4, 0.5) is 10.5 Å². The lowest BCUT2D eigenvalue weighted by Gasteiger charge is -2.26. The Morgan fingerprint density at radius 2 is 1.55 bits per heavy atom. The molecule has 0 spiro atoms. The number of hydrogen-bond donors (Lipinski definition) is 7. The van der Waals surface area contributed by atoms with Gasteiger partial charge >= 0.3 is 6.03 Å². The van der Waals surface area contributed by atoms with E-state index in [2.05, 4.69) is 47.2 Å². The van der Waals surface area contributed by atoms with Crippen molar-refractivity contribution in [2.45, 2.75) is 51.7 Å². The first-order valence-electron chi connectivity index (χ1n) is 17.9. The molecule has 20 heteroatoms. The minimum atomic E-state index is -1.31. The second-order valence-corrected chi connectivity index (χ2v) is 13.4. The monoisotopic (exact) mass is 779 g/mol. The Kier molecular flexibility index (Phi) is 16.8. The number of Topliss-reactive ketones (excluding diaryl/α,β-unsaturated/α-hetero) is 1. The van der Waals surface area contributed by atoms with Gasteiger partial charge in [-0.2, -0.15) is 0 Å². The molecular weight excluding hydrogens is 730 g/mol. The summed E-state index contributed by atoms with van der Waals surface area (Å²) in [4.78, 5) is 126. The van der Waals surface area contributed by atoms with Crippen molar-refractivity contribution in [3.63, 3.8) is 0 Å². The summed E-state index contributed by atoms with van der Waals surface area (Å²) in [5, 5.41) is 17.6. The number of nitrogens with zero attached hydrogens (tertiary/aromatic N) is 4. The van der Waals surface area contributed by atoms with Gasteiger partial charge in [0.25, 0.3) is 11.8 Å². The fourth-order valence-corrected chi connectivity index (χ4v) is 5.44. The molecule has 0 unspecified atom stereocenters. The zero-order valence-electron chi connectivity index (χ0n) is 31.9. The summed E-state index contributed by atoms with van der Waals surface area (Å²) in [6, 6.07) is 4.55. The molecule has 2 aromatic rings. The number of para-hydroxylation sites is 1. The molecule has 1 aromatic carbocycles. The molecule has 1 saturated heterocycles. The number of rotatable bonds is 18. The van der Waals surface area contributed by atoms with Crippen LogP contribution in [-0.4, -0.2) is 138 Å². The number of likely N-dealkylation sites (tertiary alicyclic amines) is 1. The van der Waals surface area contributed by atoms with Crippen LogP contribution in [0.25, 0.3) is 0 Å². The molecule has 1 aliphatic rings. The molecule has 0 bridgehead atoms. The highest BCUT2D eigenvalue weighted by molar-refractivity contribution is 6.38. The predicted molar refractivity (Wildman–Crippen MR) is 200 cm³/mol. The van der Waals surface area contributed by atoms with Crippen molar-refractivity contribution in [2.24, 2.45) is 11.8 Å². The molecule has 2 heterocycles. The number of aromatic nitrogens is 2. The van der Waals surface area contributed by atoms with E-state index in [1.165, 1.54) is 42.5 Å². The Morgan fingerprint density at radius 3 is 2.18 bits per heavy atom. The van der Waals surface area contributed by atoms with E-state index in [0.29, 0.717) is 12.1 Å². The zero-order chi connectivity index (χ0) is 41.4. The van der Waals surface area contributed by atoms with Crippen LogP contribution in [0.3, 0.4) is 0 Å². The van der Waals surface area contributed by atoms with Crippen LogP contribution in [0.5, 0.6) is 0 Å². The van der Waals surface area contributed by atoms with Gasteiger partial charge in [0.15, 0.2) is 0 Å². The van der Waals surface area contributed by atoms with Crippen molar-refractivity contribution in [3.8, 4) is 0 Å². The van der Waals surface area contributed by atoms with Crippen molar-refractivity contribution in [2.75, 3.05) is 52.1 Å². The maximum Gasteiger partial charge on any atom is 0.321 e. The van der Waals surface area contributed by atoms with Gasteiger partial charge in [-0.1, -0.05) is 45.4 Å². The second-order valence-electron chi connectivity index (χ2n) is 13.4. The molecule has 0 saturated carbocycles. The number of anilines is 1. The normalized spacial score (nSPS) is 15.7. The lowest BCUT2D eigenvalue weighted by Crippen LogP contribution is -2.57. The average Bonchev–Trinajstić information content (AvgIpc) is 3.61. The molecule has 9 amide bonds. The smallest absolute Gasteiger partial charge is 0.321 e. The molecule has 1 aromatic heterocycles. The Morgan fingerprint density at radius 1 is 0.857 bits per heavy atom. The summed E-state index contributed by atoms with van der Waals surface area (Å²) in [7, 11) is 3.01. The van der Waals surface area contributed by atoms with Crippen LogP contribution in [0, 0.1) is 11.8 Å². The molecule has 7 N–H and O–H groups in total. The molecule has 302 valence electrons. The van der Waals surface area contributed by atoms with Gasteiger partial charge in [0.1, 0.15) is 11.7 Å². The number of nitrogens with one attached hydrogen (secondary N) is 7. The third-order valence-electron chi connectivity index (χ3n) is 8.55. The van der Waals surface area contributed by atoms with E-state index in [1.807, 2.05) is 0 Å². The number of benzene rings is 1. The number of hydrogen-bond acceptors (Lipinski definition) is 11. The number of amides is 9. The van der Waals surface area contributed by atoms with Crippen LogP contribution in [0.1, 0.15) is 44.1 Å². The first-order valence-corrected chi connectivity index (χ1v) is 17.9. The fourth-order valence-electron chi connectivity index (χ4n) is 5.44. The predicted octanol–water partition coefficient (Wildman–Crippen LogP) is -1.83. The maximum atomic E-state index is 13.9. The third-order valence-corrected chi connectivity index (χ3v) is 8.55. The number of carbonyl (C=O) groups is 9. The molecule has 3 rings (SSSR count). The second kappa shape index (κ2) is 21.4. The topological polar surface area (TPSA) is 270 Å². The number of carbonyl (C=O) groups excluding carboxylic acids is 9. The lowest BCUT2D eigenvalue weighted by atomic mass is 9.98. The summed E-state index contributed by atoms with van der Waals surface area (Å²) in [5.74, 6) is -7.55. The average molecular weight is 780 g/mol. The maximum absolute atomic E-state index is 13.9. The van der Waals surface area contributed by atoms with E-state index in [4.69, 9.17) is 0 Å². The number of likely N-dealkylation sites (N-methyl/N-ethyl adjacent to an activating group) is 1. The van der Waals surface area contributed by atoms with E-state index in [0.717, 1.165) is 0 Å². The van der Waals surface area contributed by atoms with Crippen molar-refractivity contribution >= 4 is 58.9 Å². The summed E-state index contributed by atoms with van der Waals surface area (Å²) >= 11 is 0. The minimum absolute atomic E-state index is 0.00864. The summed E-state index contributed by atoms with van der Waals surface area (Å²) in [6.07, 6.45) is 4.36. The summed E-state index contributed by atoms with van der Waals surface area (Å²) in [5.41, 5.74) is 0.475. The van der Waals surface area contributed by atoms with Crippen LogP contribution in [-0.2, 0) is 33.6 Å². The largest absolute Gasteiger partial charge is 0.349 e. The molecule has 1 aliphatic heterocycles. The van der Waals surface area contributed by atoms with E-state index in [-0.39, 0.29) is 37.7 Å². The third kappa shape index (κ3) is 13.4. The van der Waals surface area contributed by atoms with E-state index >= 15 is 0 Å². The van der Waals surface area contributed by atoms with Crippen LogP contribution in [0.2, 0.25) is 0 Å². The van der Waals surface area contributed by atoms with Gasteiger partial charge in [0, 0.05) is 45.3 Å². The first-order chi connectivity index (χ1) is 26.6. The van der Waals surface area contributed by atoms with Gasteiger partial charge in [0.2, 0.25) is 35.3 Å². The minimum Gasteiger partial charge on any atom is -0.349 e. The highest BCUT2D eigenvalue weighted by Gasteiger charge is 2.43. The highest BCUT2D eigenvalue weighted by atomic mass is 16.2. The standard InChI is InChI=1S/C36H49N11O9/c1-6-10-24(31(51)35(55)41-16-27(48)39-18-29(50)46(4)5)43-32(52)23-19-47(36(56)42-22-11-8-7-9-12-22)20-26(23)44-34(54)30(21(2)3)45-28(49)17-40-33(53)25-15-37-13-14-38-25/h7-9,11-15,21,23-24,26,30H,6,10,16-20H2,1-5H3,(H,39,48)(H,40,53)(H,41,55)(H,42,56)(H,43,52)(H,44,54)(H,45,49)/t23-,24+,26+,30+/m1/s1. The highest BCUT2D eigenvalue weighted by Crippen LogP contribution is 2.21. The summed E-state index contributed by atoms with van der Waals surface area (Å²) in [6.45, 7) is 3.39. The van der Waals surface area contributed by atoms with Crippen molar-refractivity contribution in [1.82, 2.24) is 51.7 Å². The van der Waals surface area contributed by atoms with E-state index < -0.39 is 90.3 Å². The Hall–Kier alpha value is -6.47. The molecule has 20 nitrogen and oxygen atoms in total. The van der Waals surface area contributed by atoms with Crippen molar-refractivity contribution < 1.29 is 43.2 Å². The molecule has 4 atom stereocenters. The Balaban J connectivity index is 1.72. The Bertz CT molecular complexity index is 1740. The van der Waals surface area contributed by atoms with Gasteiger partial charge in [-0.05, 0) is 24.5 Å². The summed E-state index contributed by atoms with van der Waals surface area (Å²) < 4.78 is 0. The molecule has 56 heavy (non-hydrogen) atoms. The van der Waals surface area contributed by atoms with Crippen LogP contribution in [0.15, 0.2) is 48.9 Å². The van der Waals surface area contributed by atoms with Crippen molar-refractivity contribution in [1.29, 1.82) is 0 Å². The molecule has 0 aliphatic carbocycles. The SMILES string of the molecule is CCC[C@H](NC(=O)[C@@H]1CN(C(=O)Nc2ccccc2)C[C@@H]1NC(=O)[C@@H](NC(=O)CNC(=O)c1cnccn1)C(C)C)C(=O)C(=O)NCC(=O)NCC(=O)N(C)C. The molecule has 1 fully saturated rings. The van der Waals surface area contributed by atoms with Gasteiger partial charge in [0.05, 0.1) is 43.8 Å². The van der Waals surface area contributed by atoms with Gasteiger partial charge in [-0.3, -0.25) is 43.3 Å². The first kappa shape index (κ1) is 43.9. The van der Waals surface area contributed by atoms with E-state index in [1.54, 1.807) is 51.1 Å². The van der Waals surface area contributed by atoms with Gasteiger partial charge in [-0.15, -0.1) is 0 Å². The number of ketones is 1. The van der Waals surface area contributed by atoms with Crippen molar-refractivity contribution in [3.05, 3.63) is 54.6 Å². The molecule has 0 radical (unpaired) electrons. The zero-order valence-corrected chi connectivity index (χ0v) is 31.9.